The number of phenolic OH excluding ortho intramolecular Hbond substituents is 1. The minimum Gasteiger partial charge on any atom is -0.510 e. The molecule has 1 radical (unpaired) electrons. The predicted molar refractivity (Wildman–Crippen MR) is 41.9 cm³/mol. The van der Waals surface area contributed by atoms with Crippen molar-refractivity contribution in [1.82, 2.24) is 0 Å². The third-order valence-electron chi connectivity index (χ3n) is 1.52. The van der Waals surface area contributed by atoms with Crippen LogP contribution in [-0.4, -0.2) is 5.11 Å². The van der Waals surface area contributed by atoms with E-state index in [0.717, 1.165) is 17.5 Å². The van der Waals surface area contributed by atoms with Crippen molar-refractivity contribution >= 4 is 0 Å². The molecule has 0 aliphatic heterocycles. The largest absolute Gasteiger partial charge is 0.510 e. The van der Waals surface area contributed by atoms with Crippen LogP contribution in [0.15, 0.2) is 18.2 Å². The molecule has 1 nitrogen and oxygen atoms in total. The zero-order valence-electron chi connectivity index (χ0n) is 6.67. The molecule has 2 heteroatoms. The van der Waals surface area contributed by atoms with Crippen molar-refractivity contribution in [3.63, 3.8) is 0 Å². The maximum atomic E-state index is 9.21. The van der Waals surface area contributed by atoms with E-state index in [-0.39, 0.29) is 32.7 Å². The maximum absolute atomic E-state index is 9.21. The molecular formula is C9H11OY-. The van der Waals surface area contributed by atoms with E-state index in [1.807, 2.05) is 13.0 Å². The quantitative estimate of drug-likeness (QED) is 0.724. The first-order valence-corrected chi connectivity index (χ1v) is 3.38. The molecule has 0 aromatic heterocycles. The second-order valence-electron chi connectivity index (χ2n) is 2.32. The predicted octanol–water partition coefficient (Wildman–Crippen LogP) is 2.13. The summed E-state index contributed by atoms with van der Waals surface area (Å²) in [5.74, 6) is 0.370. The monoisotopic (exact) mass is 224 g/mol. The van der Waals surface area contributed by atoms with Crippen LogP contribution in [0.3, 0.4) is 0 Å². The standard InChI is InChI=1S/C9H11O.Y/c1-3-8-6-7(2)4-5-9(8)10;/h4-6,10H,2-3H2,1H3;/q-1;. The van der Waals surface area contributed by atoms with Crippen LogP contribution in [0.25, 0.3) is 0 Å². The second-order valence-corrected chi connectivity index (χ2v) is 2.32. The second kappa shape index (κ2) is 4.79. The molecule has 0 aliphatic carbocycles. The van der Waals surface area contributed by atoms with Crippen LogP contribution < -0.4 is 0 Å². The van der Waals surface area contributed by atoms with Gasteiger partial charge in [0.15, 0.2) is 0 Å². The summed E-state index contributed by atoms with van der Waals surface area (Å²) >= 11 is 0. The maximum Gasteiger partial charge on any atom is 0.0942 e. The number of aryl methyl sites for hydroxylation is 1. The molecule has 0 aliphatic rings. The van der Waals surface area contributed by atoms with Gasteiger partial charge in [0.1, 0.15) is 0 Å². The number of aromatic hydroxyl groups is 1. The Morgan fingerprint density at radius 2 is 2.09 bits per heavy atom. The fourth-order valence-corrected chi connectivity index (χ4v) is 0.922. The molecule has 0 amide bonds. The van der Waals surface area contributed by atoms with Crippen molar-refractivity contribution in [3.05, 3.63) is 36.2 Å². The van der Waals surface area contributed by atoms with E-state index in [4.69, 9.17) is 0 Å². The summed E-state index contributed by atoms with van der Waals surface area (Å²) in [6, 6.07) is 5.38. The average Bonchev–Trinajstić information content (AvgIpc) is 1.94. The Morgan fingerprint density at radius 3 is 2.55 bits per heavy atom. The Kier molecular flexibility index (Phi) is 4.79. The summed E-state index contributed by atoms with van der Waals surface area (Å²) in [6.07, 6.45) is 0.856. The molecule has 0 bridgehead atoms. The zero-order valence-corrected chi connectivity index (χ0v) is 9.51. The zero-order chi connectivity index (χ0) is 7.56. The van der Waals surface area contributed by atoms with E-state index in [1.54, 1.807) is 12.1 Å². The van der Waals surface area contributed by atoms with Crippen LogP contribution in [0.5, 0.6) is 5.75 Å². The molecular weight excluding hydrogens is 213 g/mol. The molecule has 0 saturated heterocycles. The molecule has 1 N–H and O–H groups in total. The summed E-state index contributed by atoms with van der Waals surface area (Å²) < 4.78 is 0. The van der Waals surface area contributed by atoms with Crippen molar-refractivity contribution in [1.29, 1.82) is 0 Å². The summed E-state index contributed by atoms with van der Waals surface area (Å²) in [6.45, 7) is 5.77. The van der Waals surface area contributed by atoms with Gasteiger partial charge in [0.25, 0.3) is 0 Å². The van der Waals surface area contributed by atoms with Gasteiger partial charge in [-0.05, 0) is 6.42 Å². The van der Waals surface area contributed by atoms with Gasteiger partial charge in [-0.2, -0.15) is 24.6 Å². The summed E-state index contributed by atoms with van der Waals surface area (Å²) in [5, 5.41) is 9.21. The molecule has 0 spiro atoms. The van der Waals surface area contributed by atoms with Crippen LogP contribution in [0.1, 0.15) is 18.1 Å². The molecule has 1 rings (SSSR count). The number of benzene rings is 1. The number of rotatable bonds is 1. The minimum absolute atomic E-state index is 0. The third kappa shape index (κ3) is 2.84. The summed E-state index contributed by atoms with van der Waals surface area (Å²) in [7, 11) is 0. The molecule has 0 heterocycles. The van der Waals surface area contributed by atoms with Gasteiger partial charge in [0.2, 0.25) is 0 Å². The van der Waals surface area contributed by atoms with E-state index >= 15 is 0 Å². The van der Waals surface area contributed by atoms with Crippen molar-refractivity contribution in [2.45, 2.75) is 13.3 Å². The first-order chi connectivity index (χ1) is 4.74. The van der Waals surface area contributed by atoms with Crippen molar-refractivity contribution in [2.75, 3.05) is 0 Å². The fraction of sp³-hybridized carbons (Fsp3) is 0.222. The van der Waals surface area contributed by atoms with Gasteiger partial charge in [0.05, 0.1) is 5.75 Å². The van der Waals surface area contributed by atoms with E-state index < -0.39 is 0 Å². The van der Waals surface area contributed by atoms with Gasteiger partial charge in [-0.1, -0.05) is 18.6 Å². The Bertz CT molecular complexity index is 233. The van der Waals surface area contributed by atoms with Crippen molar-refractivity contribution in [2.24, 2.45) is 0 Å². The van der Waals surface area contributed by atoms with Gasteiger partial charge in [-0.15, -0.1) is 0 Å². The van der Waals surface area contributed by atoms with E-state index in [1.165, 1.54) is 0 Å². The van der Waals surface area contributed by atoms with Gasteiger partial charge in [-0.3, -0.25) is 0 Å². The topological polar surface area (TPSA) is 20.2 Å². The molecule has 0 unspecified atom stereocenters. The molecule has 0 atom stereocenters. The van der Waals surface area contributed by atoms with Crippen LogP contribution in [0, 0.1) is 6.92 Å². The van der Waals surface area contributed by atoms with Crippen LogP contribution in [0.2, 0.25) is 0 Å². The molecule has 11 heavy (non-hydrogen) atoms. The smallest absolute Gasteiger partial charge is 0.0942 e. The number of hydrogen-bond acceptors (Lipinski definition) is 1. The van der Waals surface area contributed by atoms with Gasteiger partial charge < -0.3 is 5.11 Å². The minimum atomic E-state index is 0. The number of phenols is 1. The van der Waals surface area contributed by atoms with Crippen molar-refractivity contribution < 1.29 is 37.8 Å². The first-order valence-electron chi connectivity index (χ1n) is 3.38. The van der Waals surface area contributed by atoms with Gasteiger partial charge in [-0.25, -0.2) is 0 Å². The summed E-state index contributed by atoms with van der Waals surface area (Å²) in [5.41, 5.74) is 1.92. The van der Waals surface area contributed by atoms with Gasteiger partial charge >= 0.3 is 0 Å². The Balaban J connectivity index is 0.000001000. The Hall–Kier alpha value is -0.00610. The molecule has 0 saturated carbocycles. The van der Waals surface area contributed by atoms with E-state index in [2.05, 4.69) is 6.92 Å². The molecule has 0 fully saturated rings. The third-order valence-corrected chi connectivity index (χ3v) is 1.52. The van der Waals surface area contributed by atoms with Crippen LogP contribution in [-0.2, 0) is 39.1 Å². The van der Waals surface area contributed by atoms with Crippen LogP contribution in [0.4, 0.5) is 0 Å². The average molecular weight is 224 g/mol. The number of hydrogen-bond donors (Lipinski definition) is 1. The molecule has 1 aromatic rings. The Morgan fingerprint density at radius 1 is 1.45 bits per heavy atom. The van der Waals surface area contributed by atoms with E-state index in [0.29, 0.717) is 5.75 Å². The van der Waals surface area contributed by atoms with Gasteiger partial charge in [0, 0.05) is 32.7 Å². The van der Waals surface area contributed by atoms with Crippen LogP contribution >= 0.6 is 0 Å². The SMILES string of the molecule is [CH2-]c1ccc(O)c(CC)c1.[Y]. The first kappa shape index (κ1) is 11.0. The molecule has 57 valence electrons. The fourth-order valence-electron chi connectivity index (χ4n) is 0.922. The summed E-state index contributed by atoms with van der Waals surface area (Å²) in [4.78, 5) is 0. The van der Waals surface area contributed by atoms with Crippen molar-refractivity contribution in [3.8, 4) is 5.75 Å². The Labute approximate surface area is 92.7 Å². The van der Waals surface area contributed by atoms with E-state index in [9.17, 15) is 5.11 Å². The normalized spacial score (nSPS) is 8.82. The molecule has 1 aromatic carbocycles.